The number of hydrogen-bond acceptors (Lipinski definition) is 8. The fourth-order valence-corrected chi connectivity index (χ4v) is 3.35. The molecule has 0 amide bonds. The van der Waals surface area contributed by atoms with Gasteiger partial charge in [0.1, 0.15) is 31.7 Å². The number of nitrogens with one attached hydrogen (secondary N) is 1. The lowest BCUT2D eigenvalue weighted by Crippen LogP contribution is -2.33. The van der Waals surface area contributed by atoms with Crippen molar-refractivity contribution >= 4 is 0 Å². The van der Waals surface area contributed by atoms with E-state index in [0.29, 0.717) is 76.5 Å². The van der Waals surface area contributed by atoms with Crippen LogP contribution in [0, 0.1) is 0 Å². The molecule has 0 fully saturated rings. The highest BCUT2D eigenvalue weighted by atomic mass is 16.5. The van der Waals surface area contributed by atoms with Gasteiger partial charge in [0, 0.05) is 25.7 Å². The van der Waals surface area contributed by atoms with Crippen molar-refractivity contribution in [3.05, 3.63) is 90.0 Å². The standard InChI is InChI=1S/C29H38N2O6/c30-13-15-33-17-18-34-16-14-31-20-26(32)23-35-27-11-12-28(36-21-24-7-3-1-4-8-24)29(19-27)37-22-25-9-5-2-6-10-25/h1-12,19,26,31-32H,13-18,20-23,30H2/t26-/m1/s1. The maximum Gasteiger partial charge on any atom is 0.165 e. The second-order valence-corrected chi connectivity index (χ2v) is 8.34. The number of rotatable bonds is 19. The minimum atomic E-state index is -0.671. The minimum Gasteiger partial charge on any atom is -0.491 e. The number of hydrogen-bond donors (Lipinski definition) is 3. The van der Waals surface area contributed by atoms with Gasteiger partial charge in [-0.3, -0.25) is 0 Å². The Labute approximate surface area is 219 Å². The Bertz CT molecular complexity index is 990. The van der Waals surface area contributed by atoms with Gasteiger partial charge in [0.15, 0.2) is 11.5 Å². The fraction of sp³-hybridized carbons (Fsp3) is 0.379. The summed E-state index contributed by atoms with van der Waals surface area (Å²) >= 11 is 0. The normalized spacial score (nSPS) is 11.7. The molecule has 0 saturated heterocycles. The van der Waals surface area contributed by atoms with Crippen LogP contribution in [0.1, 0.15) is 11.1 Å². The molecular formula is C29H38N2O6. The van der Waals surface area contributed by atoms with Crippen LogP contribution < -0.4 is 25.3 Å². The lowest BCUT2D eigenvalue weighted by Gasteiger charge is -2.17. The maximum absolute atomic E-state index is 10.3. The molecule has 0 aliphatic heterocycles. The van der Waals surface area contributed by atoms with Crippen molar-refractivity contribution < 1.29 is 28.8 Å². The molecule has 3 aromatic carbocycles. The molecule has 0 aliphatic carbocycles. The molecular weight excluding hydrogens is 472 g/mol. The molecule has 0 heterocycles. The van der Waals surface area contributed by atoms with Gasteiger partial charge in [0.05, 0.1) is 26.4 Å². The van der Waals surface area contributed by atoms with E-state index in [-0.39, 0.29) is 6.61 Å². The van der Waals surface area contributed by atoms with Gasteiger partial charge in [-0.15, -0.1) is 0 Å². The predicted octanol–water partition coefficient (Wildman–Crippen LogP) is 3.17. The van der Waals surface area contributed by atoms with E-state index in [9.17, 15) is 5.11 Å². The third-order valence-corrected chi connectivity index (χ3v) is 5.27. The van der Waals surface area contributed by atoms with Gasteiger partial charge in [-0.1, -0.05) is 60.7 Å². The van der Waals surface area contributed by atoms with Crippen molar-refractivity contribution in [2.45, 2.75) is 19.3 Å². The van der Waals surface area contributed by atoms with E-state index in [1.165, 1.54) is 0 Å². The number of nitrogens with two attached hydrogens (primary N) is 1. The average Bonchev–Trinajstić information content (AvgIpc) is 2.94. The molecule has 0 unspecified atom stereocenters. The van der Waals surface area contributed by atoms with Gasteiger partial charge in [-0.2, -0.15) is 0 Å². The maximum atomic E-state index is 10.3. The first-order chi connectivity index (χ1) is 18.2. The summed E-state index contributed by atoms with van der Waals surface area (Å²) < 4.78 is 28.6. The van der Waals surface area contributed by atoms with E-state index in [1.807, 2.05) is 72.8 Å². The van der Waals surface area contributed by atoms with Gasteiger partial charge in [-0.25, -0.2) is 0 Å². The van der Waals surface area contributed by atoms with Crippen LogP contribution in [0.2, 0.25) is 0 Å². The van der Waals surface area contributed by atoms with E-state index in [1.54, 1.807) is 6.07 Å². The molecule has 0 radical (unpaired) electrons. The number of aliphatic hydroxyl groups excluding tert-OH is 1. The molecule has 0 aromatic heterocycles. The highest BCUT2D eigenvalue weighted by Crippen LogP contribution is 2.33. The van der Waals surface area contributed by atoms with Gasteiger partial charge in [0.2, 0.25) is 0 Å². The summed E-state index contributed by atoms with van der Waals surface area (Å²) in [6, 6.07) is 25.4. The Morgan fingerprint density at radius 3 is 1.97 bits per heavy atom. The fourth-order valence-electron chi connectivity index (χ4n) is 3.35. The zero-order valence-corrected chi connectivity index (χ0v) is 21.2. The second-order valence-electron chi connectivity index (χ2n) is 8.34. The van der Waals surface area contributed by atoms with Crippen LogP contribution in [0.4, 0.5) is 0 Å². The lowest BCUT2D eigenvalue weighted by molar-refractivity contribution is 0.0498. The Morgan fingerprint density at radius 1 is 0.703 bits per heavy atom. The number of ether oxygens (including phenoxy) is 5. The molecule has 0 aliphatic rings. The first kappa shape index (κ1) is 28.4. The van der Waals surface area contributed by atoms with Crippen LogP contribution in [0.5, 0.6) is 17.2 Å². The second kappa shape index (κ2) is 17.3. The first-order valence-electron chi connectivity index (χ1n) is 12.6. The smallest absolute Gasteiger partial charge is 0.165 e. The van der Waals surface area contributed by atoms with Crippen LogP contribution in [0.3, 0.4) is 0 Å². The largest absolute Gasteiger partial charge is 0.491 e. The average molecular weight is 511 g/mol. The van der Waals surface area contributed by atoms with E-state index in [0.717, 1.165) is 11.1 Å². The molecule has 8 heteroatoms. The van der Waals surface area contributed by atoms with Crippen LogP contribution in [-0.2, 0) is 22.7 Å². The van der Waals surface area contributed by atoms with Crippen molar-refractivity contribution in [3.8, 4) is 17.2 Å². The van der Waals surface area contributed by atoms with E-state index >= 15 is 0 Å². The molecule has 200 valence electrons. The summed E-state index contributed by atoms with van der Waals surface area (Å²) in [5, 5.41) is 13.4. The highest BCUT2D eigenvalue weighted by molar-refractivity contribution is 5.46. The molecule has 0 spiro atoms. The highest BCUT2D eigenvalue weighted by Gasteiger charge is 2.11. The molecule has 0 bridgehead atoms. The monoisotopic (exact) mass is 510 g/mol. The molecule has 4 N–H and O–H groups in total. The predicted molar refractivity (Wildman–Crippen MR) is 143 cm³/mol. The topological polar surface area (TPSA) is 104 Å². The Kier molecular flexibility index (Phi) is 13.3. The summed E-state index contributed by atoms with van der Waals surface area (Å²) in [6.45, 7) is 4.62. The van der Waals surface area contributed by atoms with Crippen molar-refractivity contribution in [2.75, 3.05) is 52.7 Å². The SMILES string of the molecule is NCCOCCOCCNC[C@@H](O)COc1ccc(OCc2ccccc2)c(OCc2ccccc2)c1. The third-order valence-electron chi connectivity index (χ3n) is 5.27. The van der Waals surface area contributed by atoms with Gasteiger partial charge in [0.25, 0.3) is 0 Å². The summed E-state index contributed by atoms with van der Waals surface area (Å²) in [7, 11) is 0. The van der Waals surface area contributed by atoms with E-state index < -0.39 is 6.10 Å². The van der Waals surface area contributed by atoms with E-state index in [2.05, 4.69) is 5.32 Å². The summed E-state index contributed by atoms with van der Waals surface area (Å²) in [5.74, 6) is 1.80. The van der Waals surface area contributed by atoms with Crippen molar-refractivity contribution in [3.63, 3.8) is 0 Å². The molecule has 3 rings (SSSR count). The third kappa shape index (κ3) is 11.6. The van der Waals surface area contributed by atoms with Crippen molar-refractivity contribution in [1.29, 1.82) is 0 Å². The zero-order chi connectivity index (χ0) is 26.0. The summed E-state index contributed by atoms with van der Waals surface area (Å²) in [6.07, 6.45) is -0.671. The molecule has 37 heavy (non-hydrogen) atoms. The summed E-state index contributed by atoms with van der Waals surface area (Å²) in [5.41, 5.74) is 7.48. The van der Waals surface area contributed by atoms with Crippen LogP contribution in [0.25, 0.3) is 0 Å². The minimum absolute atomic E-state index is 0.142. The van der Waals surface area contributed by atoms with Gasteiger partial charge in [-0.05, 0) is 23.3 Å². The Hall–Kier alpha value is -3.14. The Morgan fingerprint density at radius 2 is 1.32 bits per heavy atom. The van der Waals surface area contributed by atoms with Crippen LogP contribution in [0.15, 0.2) is 78.9 Å². The Balaban J connectivity index is 1.45. The van der Waals surface area contributed by atoms with Crippen LogP contribution in [-0.4, -0.2) is 63.9 Å². The molecule has 8 nitrogen and oxygen atoms in total. The van der Waals surface area contributed by atoms with E-state index in [4.69, 9.17) is 29.4 Å². The van der Waals surface area contributed by atoms with Crippen molar-refractivity contribution in [2.24, 2.45) is 5.73 Å². The zero-order valence-electron chi connectivity index (χ0n) is 21.2. The van der Waals surface area contributed by atoms with Crippen LogP contribution >= 0.6 is 0 Å². The molecule has 1 atom stereocenters. The van der Waals surface area contributed by atoms with Crippen molar-refractivity contribution in [1.82, 2.24) is 5.32 Å². The number of aliphatic hydroxyl groups is 1. The summed E-state index contributed by atoms with van der Waals surface area (Å²) in [4.78, 5) is 0. The molecule has 3 aromatic rings. The quantitative estimate of drug-likeness (QED) is 0.211. The molecule has 0 saturated carbocycles. The lowest BCUT2D eigenvalue weighted by atomic mass is 10.2. The van der Waals surface area contributed by atoms with Gasteiger partial charge < -0.3 is 39.8 Å². The first-order valence-corrected chi connectivity index (χ1v) is 12.6. The van der Waals surface area contributed by atoms with Gasteiger partial charge >= 0.3 is 0 Å². The number of benzene rings is 3.